The number of likely N-dealkylation sites (tertiary alicyclic amines) is 2. The van der Waals surface area contributed by atoms with Gasteiger partial charge >= 0.3 is 0 Å². The van der Waals surface area contributed by atoms with Crippen molar-refractivity contribution in [3.8, 4) is 0 Å². The number of hydrogen-bond acceptors (Lipinski definition) is 3. The zero-order valence-electron chi connectivity index (χ0n) is 11.8. The van der Waals surface area contributed by atoms with Gasteiger partial charge in [-0.15, -0.1) is 0 Å². The molecule has 4 nitrogen and oxygen atoms in total. The molecule has 0 spiro atoms. The molecule has 2 aliphatic heterocycles. The van der Waals surface area contributed by atoms with Gasteiger partial charge < -0.3 is 15.1 Å². The van der Waals surface area contributed by atoms with Gasteiger partial charge in [0.1, 0.15) is 0 Å². The largest absolute Gasteiger partial charge is 0.341 e. The Kier molecular flexibility index (Phi) is 5.01. The van der Waals surface area contributed by atoms with E-state index in [1.807, 2.05) is 11.8 Å². The van der Waals surface area contributed by atoms with Crippen molar-refractivity contribution in [2.24, 2.45) is 5.92 Å². The Morgan fingerprint density at radius 3 is 2.67 bits per heavy atom. The molecule has 2 saturated heterocycles. The summed E-state index contributed by atoms with van der Waals surface area (Å²) >= 11 is 0. The summed E-state index contributed by atoms with van der Waals surface area (Å²) in [5, 5.41) is 3.43. The van der Waals surface area contributed by atoms with E-state index in [0.717, 1.165) is 26.2 Å². The van der Waals surface area contributed by atoms with E-state index in [2.05, 4.69) is 17.3 Å². The second-order valence-corrected chi connectivity index (χ2v) is 5.93. The van der Waals surface area contributed by atoms with Crippen molar-refractivity contribution in [3.05, 3.63) is 0 Å². The average molecular weight is 253 g/mol. The third kappa shape index (κ3) is 3.69. The quantitative estimate of drug-likeness (QED) is 0.809. The van der Waals surface area contributed by atoms with Crippen LogP contribution in [0.25, 0.3) is 0 Å². The number of rotatable bonds is 4. The molecular formula is C14H27N3O. The first-order valence-electron chi connectivity index (χ1n) is 7.37. The van der Waals surface area contributed by atoms with Gasteiger partial charge in [-0.25, -0.2) is 0 Å². The number of piperidine rings is 1. The van der Waals surface area contributed by atoms with Crippen molar-refractivity contribution in [3.63, 3.8) is 0 Å². The van der Waals surface area contributed by atoms with Crippen molar-refractivity contribution in [1.29, 1.82) is 0 Å². The highest BCUT2D eigenvalue weighted by molar-refractivity contribution is 5.81. The molecule has 2 unspecified atom stereocenters. The summed E-state index contributed by atoms with van der Waals surface area (Å²) in [4.78, 5) is 16.5. The Labute approximate surface area is 111 Å². The summed E-state index contributed by atoms with van der Waals surface area (Å²) < 4.78 is 0. The molecule has 2 atom stereocenters. The fourth-order valence-electron chi connectivity index (χ4n) is 3.08. The number of nitrogens with zero attached hydrogens (tertiary/aromatic N) is 2. The molecule has 2 heterocycles. The fourth-order valence-corrected chi connectivity index (χ4v) is 3.08. The predicted molar refractivity (Wildman–Crippen MR) is 73.5 cm³/mol. The van der Waals surface area contributed by atoms with Gasteiger partial charge in [0.25, 0.3) is 0 Å². The third-order valence-electron chi connectivity index (χ3n) is 4.22. The minimum Gasteiger partial charge on any atom is -0.341 e. The van der Waals surface area contributed by atoms with E-state index in [-0.39, 0.29) is 11.9 Å². The van der Waals surface area contributed by atoms with Gasteiger partial charge in [-0.1, -0.05) is 0 Å². The third-order valence-corrected chi connectivity index (χ3v) is 4.22. The van der Waals surface area contributed by atoms with Crippen molar-refractivity contribution in [2.75, 3.05) is 39.8 Å². The smallest absolute Gasteiger partial charge is 0.239 e. The standard InChI is InChI=1S/C14H27N3O/c1-12(14(18)17-8-3-4-9-17)15-10-13-6-5-7-16(2)11-13/h12-13,15H,3-11H2,1-2H3. The number of nitrogens with one attached hydrogen (secondary N) is 1. The van der Waals surface area contributed by atoms with Crippen LogP contribution in [0.2, 0.25) is 0 Å². The molecule has 0 aromatic rings. The van der Waals surface area contributed by atoms with Crippen molar-refractivity contribution in [1.82, 2.24) is 15.1 Å². The van der Waals surface area contributed by atoms with Crippen LogP contribution in [0, 0.1) is 5.92 Å². The van der Waals surface area contributed by atoms with Crippen LogP contribution < -0.4 is 5.32 Å². The molecule has 104 valence electrons. The molecule has 0 saturated carbocycles. The lowest BCUT2D eigenvalue weighted by atomic mass is 9.98. The Morgan fingerprint density at radius 1 is 1.28 bits per heavy atom. The molecular weight excluding hydrogens is 226 g/mol. The molecule has 18 heavy (non-hydrogen) atoms. The van der Waals surface area contributed by atoms with Crippen LogP contribution in [-0.4, -0.2) is 61.5 Å². The highest BCUT2D eigenvalue weighted by Crippen LogP contribution is 2.14. The summed E-state index contributed by atoms with van der Waals surface area (Å²) in [5.74, 6) is 0.995. The molecule has 1 amide bonds. The van der Waals surface area contributed by atoms with Crippen LogP contribution in [0.15, 0.2) is 0 Å². The highest BCUT2D eigenvalue weighted by Gasteiger charge is 2.24. The van der Waals surface area contributed by atoms with E-state index in [1.54, 1.807) is 0 Å². The summed E-state index contributed by atoms with van der Waals surface area (Å²) in [6, 6.07) is -0.0182. The predicted octanol–water partition coefficient (Wildman–Crippen LogP) is 0.929. The summed E-state index contributed by atoms with van der Waals surface area (Å²) in [6.45, 7) is 7.28. The van der Waals surface area contributed by atoms with E-state index >= 15 is 0 Å². The molecule has 0 radical (unpaired) electrons. The van der Waals surface area contributed by atoms with E-state index in [0.29, 0.717) is 5.92 Å². The Hall–Kier alpha value is -0.610. The number of hydrogen-bond donors (Lipinski definition) is 1. The molecule has 2 rings (SSSR count). The minimum atomic E-state index is -0.0182. The van der Waals surface area contributed by atoms with Gasteiger partial charge in [-0.05, 0) is 58.7 Å². The number of amides is 1. The van der Waals surface area contributed by atoms with E-state index in [4.69, 9.17) is 0 Å². The van der Waals surface area contributed by atoms with Gasteiger partial charge in [0, 0.05) is 19.6 Å². The van der Waals surface area contributed by atoms with Crippen LogP contribution >= 0.6 is 0 Å². The lowest BCUT2D eigenvalue weighted by Crippen LogP contribution is -2.46. The average Bonchev–Trinajstić information content (AvgIpc) is 2.89. The van der Waals surface area contributed by atoms with Crippen LogP contribution in [0.4, 0.5) is 0 Å². The molecule has 0 aromatic heterocycles. The van der Waals surface area contributed by atoms with Crippen LogP contribution in [0.3, 0.4) is 0 Å². The van der Waals surface area contributed by atoms with Crippen molar-refractivity contribution in [2.45, 2.75) is 38.6 Å². The highest BCUT2D eigenvalue weighted by atomic mass is 16.2. The molecule has 2 fully saturated rings. The molecule has 1 N–H and O–H groups in total. The normalized spacial score (nSPS) is 27.4. The van der Waals surface area contributed by atoms with E-state index < -0.39 is 0 Å². The topological polar surface area (TPSA) is 35.6 Å². The molecule has 0 aromatic carbocycles. The maximum atomic E-state index is 12.1. The van der Waals surface area contributed by atoms with E-state index in [1.165, 1.54) is 32.2 Å². The van der Waals surface area contributed by atoms with Gasteiger partial charge in [0.15, 0.2) is 0 Å². The zero-order chi connectivity index (χ0) is 13.0. The first-order valence-corrected chi connectivity index (χ1v) is 7.37. The van der Waals surface area contributed by atoms with E-state index in [9.17, 15) is 4.79 Å². The summed E-state index contributed by atoms with van der Waals surface area (Å²) in [7, 11) is 2.19. The van der Waals surface area contributed by atoms with Crippen molar-refractivity contribution >= 4 is 5.91 Å². The van der Waals surface area contributed by atoms with Gasteiger partial charge in [0.2, 0.25) is 5.91 Å². The van der Waals surface area contributed by atoms with Crippen LogP contribution in [0.1, 0.15) is 32.6 Å². The Morgan fingerprint density at radius 2 is 2.00 bits per heavy atom. The maximum absolute atomic E-state index is 12.1. The molecule has 0 bridgehead atoms. The lowest BCUT2D eigenvalue weighted by Gasteiger charge is -2.31. The Balaban J connectivity index is 1.70. The second-order valence-electron chi connectivity index (χ2n) is 5.93. The SMILES string of the molecule is CC(NCC1CCCN(C)C1)C(=O)N1CCCC1. The fraction of sp³-hybridized carbons (Fsp3) is 0.929. The maximum Gasteiger partial charge on any atom is 0.239 e. The first-order chi connectivity index (χ1) is 8.66. The Bertz CT molecular complexity index is 276. The summed E-state index contributed by atoms with van der Waals surface area (Å²) in [6.07, 6.45) is 4.93. The first kappa shape index (κ1) is 13.8. The van der Waals surface area contributed by atoms with Crippen LogP contribution in [0.5, 0.6) is 0 Å². The van der Waals surface area contributed by atoms with Gasteiger partial charge in [0.05, 0.1) is 6.04 Å². The van der Waals surface area contributed by atoms with Gasteiger partial charge in [-0.3, -0.25) is 4.79 Å². The second kappa shape index (κ2) is 6.53. The summed E-state index contributed by atoms with van der Waals surface area (Å²) in [5.41, 5.74) is 0. The lowest BCUT2D eigenvalue weighted by molar-refractivity contribution is -0.132. The molecule has 4 heteroatoms. The number of carbonyl (C=O) groups excluding carboxylic acids is 1. The van der Waals surface area contributed by atoms with Crippen molar-refractivity contribution < 1.29 is 4.79 Å². The minimum absolute atomic E-state index is 0.0182. The molecule has 0 aliphatic carbocycles. The monoisotopic (exact) mass is 253 g/mol. The van der Waals surface area contributed by atoms with Crippen LogP contribution in [-0.2, 0) is 4.79 Å². The zero-order valence-corrected chi connectivity index (χ0v) is 11.8. The number of carbonyl (C=O) groups is 1. The molecule has 2 aliphatic rings. The van der Waals surface area contributed by atoms with Gasteiger partial charge in [-0.2, -0.15) is 0 Å².